The van der Waals surface area contributed by atoms with E-state index in [0.717, 1.165) is 12.1 Å². The number of aromatic nitrogens is 1. The van der Waals surface area contributed by atoms with Crippen molar-refractivity contribution in [2.45, 2.75) is 0 Å². The molecule has 0 fully saturated rings. The van der Waals surface area contributed by atoms with Gasteiger partial charge in [-0.2, -0.15) is 0 Å². The van der Waals surface area contributed by atoms with E-state index in [9.17, 15) is 23.7 Å². The van der Waals surface area contributed by atoms with Gasteiger partial charge in [0, 0.05) is 28.9 Å². The smallest absolute Gasteiger partial charge is 0.352 e. The van der Waals surface area contributed by atoms with Crippen molar-refractivity contribution < 1.29 is 23.6 Å². The summed E-state index contributed by atoms with van der Waals surface area (Å²) in [5.74, 6) is -3.35. The van der Waals surface area contributed by atoms with Gasteiger partial charge >= 0.3 is 5.97 Å². The third-order valence-corrected chi connectivity index (χ3v) is 3.40. The molecule has 0 unspecified atom stereocenters. The van der Waals surface area contributed by atoms with Gasteiger partial charge in [-0.25, -0.2) is 13.6 Å². The second-order valence-electron chi connectivity index (χ2n) is 4.92. The molecule has 7 nitrogen and oxygen atoms in total. The predicted octanol–water partition coefficient (Wildman–Crippen LogP) is 3.80. The number of H-pyrrole nitrogens is 1. The Bertz CT molecular complexity index is 984. The van der Waals surface area contributed by atoms with Crippen LogP contribution < -0.4 is 5.32 Å². The van der Waals surface area contributed by atoms with Crippen molar-refractivity contribution in [1.29, 1.82) is 0 Å². The average molecular weight is 333 g/mol. The van der Waals surface area contributed by atoms with Gasteiger partial charge in [-0.05, 0) is 24.3 Å². The second-order valence-corrected chi connectivity index (χ2v) is 4.92. The fraction of sp³-hybridized carbons (Fsp3) is 0. The molecule has 122 valence electrons. The van der Waals surface area contributed by atoms with E-state index < -0.39 is 22.5 Å². The lowest BCUT2D eigenvalue weighted by Crippen LogP contribution is -1.96. The first-order chi connectivity index (χ1) is 11.4. The fourth-order valence-electron chi connectivity index (χ4n) is 2.31. The summed E-state index contributed by atoms with van der Waals surface area (Å²) in [5, 5.41) is 23.2. The maximum atomic E-state index is 13.3. The summed E-state index contributed by atoms with van der Waals surface area (Å²) in [7, 11) is 0. The Morgan fingerprint density at radius 3 is 2.54 bits per heavy atom. The molecule has 0 aliphatic heterocycles. The minimum Gasteiger partial charge on any atom is -0.477 e. The van der Waals surface area contributed by atoms with Crippen LogP contribution in [0.1, 0.15) is 10.5 Å². The molecule has 0 aliphatic carbocycles. The molecule has 3 rings (SSSR count). The second kappa shape index (κ2) is 5.61. The number of carboxylic acid groups (broad SMARTS) is 1. The maximum Gasteiger partial charge on any atom is 0.352 e. The molecule has 0 radical (unpaired) electrons. The van der Waals surface area contributed by atoms with E-state index in [1.807, 2.05) is 0 Å². The quantitative estimate of drug-likeness (QED) is 0.497. The number of nitrogens with one attached hydrogen (secondary N) is 2. The molecule has 9 heteroatoms. The summed E-state index contributed by atoms with van der Waals surface area (Å²) in [5.41, 5.74) is 0.0124. The van der Waals surface area contributed by atoms with Crippen LogP contribution in [0.4, 0.5) is 25.8 Å². The highest BCUT2D eigenvalue weighted by atomic mass is 19.2. The third-order valence-electron chi connectivity index (χ3n) is 3.40. The SMILES string of the molecule is O=C(O)c1cc2c(Nc3ccc(F)c(F)c3)ccc([N+](=O)[O-])c2[nH]1. The first kappa shape index (κ1) is 15.4. The van der Waals surface area contributed by atoms with Gasteiger partial charge in [-0.15, -0.1) is 0 Å². The van der Waals surface area contributed by atoms with Gasteiger partial charge in [0.15, 0.2) is 11.6 Å². The molecule has 0 bridgehead atoms. The minimum absolute atomic E-state index is 0.0185. The van der Waals surface area contributed by atoms with Crippen LogP contribution in [0.5, 0.6) is 0 Å². The Balaban J connectivity index is 2.13. The number of carboxylic acids is 1. The van der Waals surface area contributed by atoms with Crippen LogP contribution in [-0.2, 0) is 0 Å². The highest BCUT2D eigenvalue weighted by Gasteiger charge is 2.19. The van der Waals surface area contributed by atoms with E-state index in [0.29, 0.717) is 5.69 Å². The fourth-order valence-corrected chi connectivity index (χ4v) is 2.31. The molecule has 1 heterocycles. The first-order valence-electron chi connectivity index (χ1n) is 6.62. The lowest BCUT2D eigenvalue weighted by Gasteiger charge is -2.08. The summed E-state index contributed by atoms with van der Waals surface area (Å²) < 4.78 is 26.3. The van der Waals surface area contributed by atoms with Crippen molar-refractivity contribution in [3.8, 4) is 0 Å². The Morgan fingerprint density at radius 1 is 1.17 bits per heavy atom. The van der Waals surface area contributed by atoms with Gasteiger partial charge in [-0.1, -0.05) is 0 Å². The van der Waals surface area contributed by atoms with Crippen LogP contribution in [-0.4, -0.2) is 21.0 Å². The molecular formula is C15H9F2N3O4. The number of benzene rings is 2. The number of non-ortho nitro benzene ring substituents is 1. The van der Waals surface area contributed by atoms with Crippen molar-refractivity contribution in [2.75, 3.05) is 5.32 Å². The largest absolute Gasteiger partial charge is 0.477 e. The molecular weight excluding hydrogens is 324 g/mol. The first-order valence-corrected chi connectivity index (χ1v) is 6.62. The zero-order valence-corrected chi connectivity index (χ0v) is 11.8. The van der Waals surface area contributed by atoms with E-state index in [-0.39, 0.29) is 28.0 Å². The van der Waals surface area contributed by atoms with Gasteiger partial charge in [0.05, 0.1) is 4.92 Å². The van der Waals surface area contributed by atoms with Gasteiger partial charge in [0.1, 0.15) is 11.2 Å². The summed E-state index contributed by atoms with van der Waals surface area (Å²) in [6, 6.07) is 6.92. The topological polar surface area (TPSA) is 108 Å². The van der Waals surface area contributed by atoms with E-state index >= 15 is 0 Å². The summed E-state index contributed by atoms with van der Waals surface area (Å²) >= 11 is 0. The Kier molecular flexibility index (Phi) is 3.60. The molecule has 2 aromatic carbocycles. The predicted molar refractivity (Wildman–Crippen MR) is 81.6 cm³/mol. The van der Waals surface area contributed by atoms with Crippen molar-refractivity contribution in [1.82, 2.24) is 4.98 Å². The van der Waals surface area contributed by atoms with Crippen molar-refractivity contribution >= 4 is 33.9 Å². The van der Waals surface area contributed by atoms with E-state index in [1.165, 1.54) is 24.3 Å². The molecule has 0 saturated carbocycles. The molecule has 0 amide bonds. The monoisotopic (exact) mass is 333 g/mol. The number of hydrogen-bond donors (Lipinski definition) is 3. The minimum atomic E-state index is -1.28. The number of nitrogens with zero attached hydrogens (tertiary/aromatic N) is 1. The number of aromatic carboxylic acids is 1. The molecule has 0 spiro atoms. The van der Waals surface area contributed by atoms with Crippen LogP contribution >= 0.6 is 0 Å². The summed E-state index contributed by atoms with van der Waals surface area (Å²) in [6.45, 7) is 0. The normalized spacial score (nSPS) is 10.8. The summed E-state index contributed by atoms with van der Waals surface area (Å²) in [6.07, 6.45) is 0. The van der Waals surface area contributed by atoms with Crippen molar-refractivity contribution in [3.63, 3.8) is 0 Å². The lowest BCUT2D eigenvalue weighted by atomic mass is 10.1. The van der Waals surface area contributed by atoms with E-state index in [2.05, 4.69) is 10.3 Å². The van der Waals surface area contributed by atoms with Gasteiger partial charge in [-0.3, -0.25) is 10.1 Å². The number of aromatic amines is 1. The number of fused-ring (bicyclic) bond motifs is 1. The molecule has 24 heavy (non-hydrogen) atoms. The molecule has 0 saturated heterocycles. The van der Waals surface area contributed by atoms with Crippen LogP contribution in [0, 0.1) is 21.7 Å². The van der Waals surface area contributed by atoms with Crippen LogP contribution in [0.2, 0.25) is 0 Å². The molecule has 0 aliphatic rings. The van der Waals surface area contributed by atoms with Crippen molar-refractivity contribution in [2.24, 2.45) is 0 Å². The van der Waals surface area contributed by atoms with Gasteiger partial charge in [0.2, 0.25) is 0 Å². The van der Waals surface area contributed by atoms with E-state index in [4.69, 9.17) is 5.11 Å². The Labute approximate surface area is 132 Å². The molecule has 3 aromatic rings. The maximum absolute atomic E-state index is 13.3. The number of anilines is 2. The zero-order chi connectivity index (χ0) is 17.4. The number of halogens is 2. The van der Waals surface area contributed by atoms with Gasteiger partial charge in [0.25, 0.3) is 5.69 Å². The number of nitro groups is 1. The van der Waals surface area contributed by atoms with Gasteiger partial charge < -0.3 is 15.4 Å². The Morgan fingerprint density at radius 2 is 1.92 bits per heavy atom. The standard InChI is InChI=1S/C15H9F2N3O4/c16-9-2-1-7(5-10(9)17)18-11-3-4-13(20(23)24)14-8(11)6-12(19-14)15(21)22/h1-6,18-19H,(H,21,22). The van der Waals surface area contributed by atoms with Crippen LogP contribution in [0.3, 0.4) is 0 Å². The number of rotatable bonds is 4. The Hall–Kier alpha value is -3.49. The average Bonchev–Trinajstić information content (AvgIpc) is 2.96. The molecule has 3 N–H and O–H groups in total. The molecule has 1 aromatic heterocycles. The van der Waals surface area contributed by atoms with E-state index in [1.54, 1.807) is 0 Å². The summed E-state index contributed by atoms with van der Waals surface area (Å²) in [4.78, 5) is 24.0. The van der Waals surface area contributed by atoms with Crippen LogP contribution in [0.25, 0.3) is 10.9 Å². The zero-order valence-electron chi connectivity index (χ0n) is 11.8. The number of nitro benzene ring substituents is 1. The molecule has 0 atom stereocenters. The van der Waals surface area contributed by atoms with Crippen LogP contribution in [0.15, 0.2) is 36.4 Å². The highest BCUT2D eigenvalue weighted by molar-refractivity contribution is 6.03. The highest BCUT2D eigenvalue weighted by Crippen LogP contribution is 2.33. The van der Waals surface area contributed by atoms with Crippen molar-refractivity contribution in [3.05, 3.63) is 63.8 Å². The number of hydrogen-bond acceptors (Lipinski definition) is 4. The number of carbonyl (C=O) groups is 1. The third kappa shape index (κ3) is 2.62. The lowest BCUT2D eigenvalue weighted by molar-refractivity contribution is -0.383.